The first-order valence-electron chi connectivity index (χ1n) is 10.7. The second-order valence-electron chi connectivity index (χ2n) is 7.83. The summed E-state index contributed by atoms with van der Waals surface area (Å²) in [4.78, 5) is 14.2. The molecule has 1 aliphatic heterocycles. The van der Waals surface area contributed by atoms with E-state index in [2.05, 4.69) is 28.4 Å². The highest BCUT2D eigenvalue weighted by atomic mass is 16.5. The minimum absolute atomic E-state index is 0.0454. The molecule has 1 aromatic heterocycles. The van der Waals surface area contributed by atoms with Gasteiger partial charge in [-0.2, -0.15) is 5.10 Å². The molecule has 0 saturated carbocycles. The number of nitrogens with zero attached hydrogens (tertiary/aromatic N) is 2. The van der Waals surface area contributed by atoms with E-state index in [9.17, 15) is 4.79 Å². The lowest BCUT2D eigenvalue weighted by molar-refractivity contribution is -0.143. The van der Waals surface area contributed by atoms with Crippen LogP contribution in [0.25, 0.3) is 11.3 Å². The van der Waals surface area contributed by atoms with Crippen molar-refractivity contribution >= 4 is 5.91 Å². The maximum atomic E-state index is 12.4. The SMILES string of the molecule is CC(OCC1CCCO1)C(=O)N(C)CCCCCc1cc(-c2ccccc2)n[nH]1. The van der Waals surface area contributed by atoms with Crippen molar-refractivity contribution < 1.29 is 14.3 Å². The molecule has 2 atom stereocenters. The second kappa shape index (κ2) is 11.1. The van der Waals surface area contributed by atoms with Gasteiger partial charge in [0, 0.05) is 31.5 Å². The standard InChI is InChI=1S/C23H33N3O3/c1-18(29-17-21-13-9-15-28-21)23(27)26(2)14-8-4-7-12-20-16-22(25-24-20)19-10-5-3-6-11-19/h3,5-6,10-11,16,18,21H,4,7-9,12-15,17H2,1-2H3,(H,24,25). The van der Waals surface area contributed by atoms with E-state index in [0.29, 0.717) is 6.61 Å². The molecule has 6 heteroatoms. The Kier molecular flexibility index (Phi) is 8.25. The zero-order chi connectivity index (χ0) is 20.5. The van der Waals surface area contributed by atoms with Crippen LogP contribution in [0.2, 0.25) is 0 Å². The highest BCUT2D eigenvalue weighted by Gasteiger charge is 2.21. The fraction of sp³-hybridized carbons (Fsp3) is 0.565. The average molecular weight is 400 g/mol. The van der Waals surface area contributed by atoms with Crippen molar-refractivity contribution in [2.75, 3.05) is 26.8 Å². The predicted octanol–water partition coefficient (Wildman–Crippen LogP) is 3.83. The lowest BCUT2D eigenvalue weighted by atomic mass is 10.1. The molecule has 1 saturated heterocycles. The Morgan fingerprint density at radius 3 is 2.90 bits per heavy atom. The molecule has 158 valence electrons. The predicted molar refractivity (Wildman–Crippen MR) is 114 cm³/mol. The van der Waals surface area contributed by atoms with Gasteiger partial charge < -0.3 is 14.4 Å². The molecule has 1 N–H and O–H groups in total. The fourth-order valence-corrected chi connectivity index (χ4v) is 3.61. The number of H-pyrrole nitrogens is 1. The van der Waals surface area contributed by atoms with Crippen molar-refractivity contribution in [3.05, 3.63) is 42.1 Å². The molecule has 2 aromatic rings. The molecule has 0 spiro atoms. The van der Waals surface area contributed by atoms with Crippen LogP contribution < -0.4 is 0 Å². The fourth-order valence-electron chi connectivity index (χ4n) is 3.61. The summed E-state index contributed by atoms with van der Waals surface area (Å²) in [6, 6.07) is 12.3. The first-order valence-corrected chi connectivity index (χ1v) is 10.7. The molecule has 29 heavy (non-hydrogen) atoms. The maximum absolute atomic E-state index is 12.4. The van der Waals surface area contributed by atoms with E-state index < -0.39 is 6.10 Å². The van der Waals surface area contributed by atoms with Crippen LogP contribution in [0.4, 0.5) is 0 Å². The normalized spacial score (nSPS) is 17.4. The van der Waals surface area contributed by atoms with Crippen molar-refractivity contribution in [3.8, 4) is 11.3 Å². The number of carbonyl (C=O) groups excluding carboxylic acids is 1. The van der Waals surface area contributed by atoms with Crippen molar-refractivity contribution in [1.29, 1.82) is 0 Å². The van der Waals surface area contributed by atoms with Gasteiger partial charge in [0.1, 0.15) is 6.10 Å². The molecule has 0 bridgehead atoms. The van der Waals surface area contributed by atoms with Gasteiger partial charge in [-0.25, -0.2) is 0 Å². The smallest absolute Gasteiger partial charge is 0.251 e. The molecule has 1 amide bonds. The number of likely N-dealkylation sites (N-methyl/N-ethyl adjacent to an activating group) is 1. The van der Waals surface area contributed by atoms with Gasteiger partial charge in [0.15, 0.2) is 0 Å². The Balaban J connectivity index is 1.29. The Hall–Kier alpha value is -2.18. The van der Waals surface area contributed by atoms with Crippen LogP contribution >= 0.6 is 0 Å². The molecule has 1 aliphatic rings. The first-order chi connectivity index (χ1) is 14.1. The van der Waals surface area contributed by atoms with Gasteiger partial charge in [0.25, 0.3) is 5.91 Å². The van der Waals surface area contributed by atoms with Gasteiger partial charge in [-0.15, -0.1) is 0 Å². The van der Waals surface area contributed by atoms with Crippen LogP contribution in [0, 0.1) is 0 Å². The van der Waals surface area contributed by atoms with Crippen LogP contribution in [0.3, 0.4) is 0 Å². The van der Waals surface area contributed by atoms with E-state index in [4.69, 9.17) is 9.47 Å². The third-order valence-electron chi connectivity index (χ3n) is 5.42. The summed E-state index contributed by atoms with van der Waals surface area (Å²) in [5.41, 5.74) is 3.28. The Morgan fingerprint density at radius 2 is 2.14 bits per heavy atom. The largest absolute Gasteiger partial charge is 0.376 e. The maximum Gasteiger partial charge on any atom is 0.251 e. The number of nitrogens with one attached hydrogen (secondary N) is 1. The number of unbranched alkanes of at least 4 members (excludes halogenated alkanes) is 2. The number of rotatable bonds is 11. The van der Waals surface area contributed by atoms with Gasteiger partial charge in [0.05, 0.1) is 18.4 Å². The third kappa shape index (κ3) is 6.68. The third-order valence-corrected chi connectivity index (χ3v) is 5.42. The minimum Gasteiger partial charge on any atom is -0.376 e. The van der Waals surface area contributed by atoms with E-state index in [-0.39, 0.29) is 12.0 Å². The molecular weight excluding hydrogens is 366 g/mol. The summed E-state index contributed by atoms with van der Waals surface area (Å²) in [5, 5.41) is 7.53. The van der Waals surface area contributed by atoms with Gasteiger partial charge in [-0.1, -0.05) is 36.8 Å². The quantitative estimate of drug-likeness (QED) is 0.583. The lowest BCUT2D eigenvalue weighted by Gasteiger charge is -2.22. The number of ether oxygens (including phenoxy) is 2. The first kappa shape index (κ1) is 21.5. The molecule has 0 radical (unpaired) electrons. The summed E-state index contributed by atoms with van der Waals surface area (Å²) in [5.74, 6) is 0.0454. The number of aromatic nitrogens is 2. The summed E-state index contributed by atoms with van der Waals surface area (Å²) in [6.45, 7) is 3.90. The van der Waals surface area contributed by atoms with Gasteiger partial charge in [0.2, 0.25) is 0 Å². The number of carbonyl (C=O) groups is 1. The van der Waals surface area contributed by atoms with Crippen LogP contribution in [-0.2, 0) is 20.7 Å². The van der Waals surface area contributed by atoms with E-state index in [0.717, 1.165) is 68.6 Å². The van der Waals surface area contributed by atoms with Crippen molar-refractivity contribution in [2.45, 2.75) is 57.7 Å². The van der Waals surface area contributed by atoms with E-state index in [1.165, 1.54) is 0 Å². The number of amides is 1. The highest BCUT2D eigenvalue weighted by Crippen LogP contribution is 2.18. The summed E-state index contributed by atoms with van der Waals surface area (Å²) < 4.78 is 11.2. The lowest BCUT2D eigenvalue weighted by Crippen LogP contribution is -2.38. The zero-order valence-corrected chi connectivity index (χ0v) is 17.6. The van der Waals surface area contributed by atoms with Crippen LogP contribution in [0.5, 0.6) is 0 Å². The molecule has 1 fully saturated rings. The van der Waals surface area contributed by atoms with Crippen molar-refractivity contribution in [3.63, 3.8) is 0 Å². The van der Waals surface area contributed by atoms with Crippen molar-refractivity contribution in [1.82, 2.24) is 15.1 Å². The van der Waals surface area contributed by atoms with Crippen LogP contribution in [0.1, 0.15) is 44.7 Å². The number of aryl methyl sites for hydroxylation is 1. The van der Waals surface area contributed by atoms with Gasteiger partial charge in [-0.3, -0.25) is 9.89 Å². The molecule has 0 aliphatic carbocycles. The number of aromatic amines is 1. The monoisotopic (exact) mass is 399 g/mol. The van der Waals surface area contributed by atoms with Gasteiger partial charge in [-0.05, 0) is 45.1 Å². The molecule has 2 heterocycles. The van der Waals surface area contributed by atoms with Crippen LogP contribution in [0.15, 0.2) is 36.4 Å². The van der Waals surface area contributed by atoms with E-state index >= 15 is 0 Å². The second-order valence-corrected chi connectivity index (χ2v) is 7.83. The highest BCUT2D eigenvalue weighted by molar-refractivity contribution is 5.80. The molecular formula is C23H33N3O3. The molecule has 2 unspecified atom stereocenters. The Bertz CT molecular complexity index is 741. The van der Waals surface area contributed by atoms with Crippen LogP contribution in [-0.4, -0.2) is 60.0 Å². The summed E-state index contributed by atoms with van der Waals surface area (Å²) >= 11 is 0. The van der Waals surface area contributed by atoms with E-state index in [1.807, 2.05) is 32.2 Å². The Labute approximate surface area is 173 Å². The summed E-state index contributed by atoms with van der Waals surface area (Å²) in [6.07, 6.45) is 5.96. The summed E-state index contributed by atoms with van der Waals surface area (Å²) in [7, 11) is 1.86. The average Bonchev–Trinajstić information content (AvgIpc) is 3.44. The number of benzene rings is 1. The minimum atomic E-state index is -0.411. The zero-order valence-electron chi connectivity index (χ0n) is 17.6. The molecule has 6 nitrogen and oxygen atoms in total. The van der Waals surface area contributed by atoms with Gasteiger partial charge >= 0.3 is 0 Å². The molecule has 3 rings (SSSR count). The number of hydrogen-bond acceptors (Lipinski definition) is 4. The van der Waals surface area contributed by atoms with Crippen molar-refractivity contribution in [2.24, 2.45) is 0 Å². The number of hydrogen-bond donors (Lipinski definition) is 1. The van der Waals surface area contributed by atoms with E-state index in [1.54, 1.807) is 4.90 Å². The Morgan fingerprint density at radius 1 is 1.31 bits per heavy atom. The topological polar surface area (TPSA) is 67.5 Å². The molecule has 1 aromatic carbocycles.